The first-order chi connectivity index (χ1) is 11.8. The van der Waals surface area contributed by atoms with E-state index in [1.165, 1.54) is 16.3 Å². The Morgan fingerprint density at radius 3 is 2.50 bits per heavy atom. The second-order valence-electron chi connectivity index (χ2n) is 6.17. The van der Waals surface area contributed by atoms with E-state index in [2.05, 4.69) is 59.5 Å². The summed E-state index contributed by atoms with van der Waals surface area (Å²) in [5, 5.41) is 2.40. The Balaban J connectivity index is 1.86. The molecule has 1 heterocycles. The van der Waals surface area contributed by atoms with Crippen LogP contribution in [0.15, 0.2) is 85.0 Å². The molecule has 1 aliphatic carbocycles. The number of hydrogen-bond donors (Lipinski definition) is 0. The zero-order chi connectivity index (χ0) is 16.1. The van der Waals surface area contributed by atoms with Crippen LogP contribution in [0.2, 0.25) is 0 Å². The van der Waals surface area contributed by atoms with Crippen LogP contribution in [0, 0.1) is 0 Å². The highest BCUT2D eigenvalue weighted by atomic mass is 16.1. The van der Waals surface area contributed by atoms with Gasteiger partial charge in [0, 0.05) is 11.3 Å². The number of carbonyl (C=O) groups is 1. The van der Waals surface area contributed by atoms with Crippen LogP contribution in [0.5, 0.6) is 0 Å². The molecule has 0 saturated carbocycles. The lowest BCUT2D eigenvalue weighted by atomic mass is 9.92. The van der Waals surface area contributed by atoms with Gasteiger partial charge < -0.3 is 4.90 Å². The lowest BCUT2D eigenvalue weighted by molar-refractivity contribution is -0.114. The second-order valence-corrected chi connectivity index (χ2v) is 6.17. The number of benzene rings is 3. The molecule has 2 heteroatoms. The quantitative estimate of drug-likeness (QED) is 0.638. The lowest BCUT2D eigenvalue weighted by Crippen LogP contribution is -2.34. The van der Waals surface area contributed by atoms with E-state index in [0.29, 0.717) is 0 Å². The van der Waals surface area contributed by atoms with E-state index in [9.17, 15) is 4.79 Å². The fourth-order valence-corrected chi connectivity index (χ4v) is 3.85. The fourth-order valence-electron chi connectivity index (χ4n) is 3.85. The van der Waals surface area contributed by atoms with Crippen LogP contribution in [0.1, 0.15) is 5.56 Å². The van der Waals surface area contributed by atoms with Crippen molar-refractivity contribution in [2.24, 2.45) is 0 Å². The SMILES string of the molecule is O=C1C=CC=C2c3c(ccc4ccccc34)N(c3ccccc3)C12. The number of para-hydroxylation sites is 1. The van der Waals surface area contributed by atoms with E-state index in [1.54, 1.807) is 6.08 Å². The van der Waals surface area contributed by atoms with Gasteiger partial charge in [-0.05, 0) is 40.6 Å². The minimum Gasteiger partial charge on any atom is -0.326 e. The van der Waals surface area contributed by atoms with Crippen LogP contribution in [-0.2, 0) is 4.79 Å². The average Bonchev–Trinajstić information content (AvgIpc) is 2.99. The van der Waals surface area contributed by atoms with Crippen molar-refractivity contribution in [1.82, 2.24) is 0 Å². The molecule has 0 spiro atoms. The van der Waals surface area contributed by atoms with Gasteiger partial charge in [0.25, 0.3) is 0 Å². The van der Waals surface area contributed by atoms with Crippen molar-refractivity contribution in [3.8, 4) is 0 Å². The predicted molar refractivity (Wildman–Crippen MR) is 98.4 cm³/mol. The Hall–Kier alpha value is -3.13. The molecule has 0 bridgehead atoms. The molecule has 5 rings (SSSR count). The summed E-state index contributed by atoms with van der Waals surface area (Å²) in [6, 6.07) is 22.5. The average molecular weight is 309 g/mol. The van der Waals surface area contributed by atoms with Crippen LogP contribution < -0.4 is 4.90 Å². The maximum Gasteiger partial charge on any atom is 0.183 e. The Kier molecular flexibility index (Phi) is 2.74. The molecule has 2 nitrogen and oxygen atoms in total. The van der Waals surface area contributed by atoms with Gasteiger partial charge in [-0.15, -0.1) is 0 Å². The monoisotopic (exact) mass is 309 g/mol. The molecule has 1 aliphatic heterocycles. The number of anilines is 2. The van der Waals surface area contributed by atoms with E-state index >= 15 is 0 Å². The zero-order valence-electron chi connectivity index (χ0n) is 13.0. The van der Waals surface area contributed by atoms with E-state index in [4.69, 9.17) is 0 Å². The molecule has 1 atom stereocenters. The molecular weight excluding hydrogens is 294 g/mol. The van der Waals surface area contributed by atoms with Crippen molar-refractivity contribution < 1.29 is 4.79 Å². The smallest absolute Gasteiger partial charge is 0.183 e. The van der Waals surface area contributed by atoms with Crippen LogP contribution in [0.3, 0.4) is 0 Å². The van der Waals surface area contributed by atoms with Gasteiger partial charge in [-0.2, -0.15) is 0 Å². The van der Waals surface area contributed by atoms with Gasteiger partial charge in [-0.1, -0.05) is 60.7 Å². The summed E-state index contributed by atoms with van der Waals surface area (Å²) in [6.07, 6.45) is 5.63. The molecule has 0 fully saturated rings. The molecule has 1 unspecified atom stereocenters. The second kappa shape index (κ2) is 4.93. The van der Waals surface area contributed by atoms with Crippen molar-refractivity contribution in [3.05, 3.63) is 90.5 Å². The molecule has 0 amide bonds. The first-order valence-corrected chi connectivity index (χ1v) is 8.13. The van der Waals surface area contributed by atoms with Crippen molar-refractivity contribution >= 4 is 33.5 Å². The first-order valence-electron chi connectivity index (χ1n) is 8.13. The van der Waals surface area contributed by atoms with Crippen LogP contribution in [-0.4, -0.2) is 11.8 Å². The summed E-state index contributed by atoms with van der Waals surface area (Å²) in [4.78, 5) is 14.9. The Morgan fingerprint density at radius 2 is 1.62 bits per heavy atom. The fraction of sp³-hybridized carbons (Fsp3) is 0.0455. The molecule has 0 radical (unpaired) electrons. The molecule has 0 aromatic heterocycles. The Labute approximate surface area is 140 Å². The molecule has 24 heavy (non-hydrogen) atoms. The number of allylic oxidation sites excluding steroid dienone is 2. The van der Waals surface area contributed by atoms with Gasteiger partial charge in [0.15, 0.2) is 5.78 Å². The highest BCUT2D eigenvalue weighted by Crippen LogP contribution is 2.48. The largest absolute Gasteiger partial charge is 0.326 e. The van der Waals surface area contributed by atoms with E-state index in [-0.39, 0.29) is 11.8 Å². The molecule has 3 aromatic rings. The first kappa shape index (κ1) is 13.3. The maximum atomic E-state index is 12.7. The number of carbonyl (C=O) groups excluding carboxylic acids is 1. The minimum absolute atomic E-state index is 0.136. The normalized spacial score (nSPS) is 18.5. The van der Waals surface area contributed by atoms with Crippen LogP contribution >= 0.6 is 0 Å². The number of fused-ring (bicyclic) bond motifs is 5. The standard InChI is InChI=1S/C22H15NO/c24-20-12-6-11-18-21-17-10-5-4-7-15(17)13-14-19(21)23(22(18)20)16-8-2-1-3-9-16/h1-14,22H. The van der Waals surface area contributed by atoms with E-state index in [0.717, 1.165) is 16.9 Å². The number of rotatable bonds is 1. The summed E-state index contributed by atoms with van der Waals surface area (Å²) >= 11 is 0. The molecule has 114 valence electrons. The van der Waals surface area contributed by atoms with Crippen molar-refractivity contribution in [2.45, 2.75) is 6.04 Å². The van der Waals surface area contributed by atoms with E-state index < -0.39 is 0 Å². The molecule has 0 N–H and O–H groups in total. The van der Waals surface area contributed by atoms with E-state index in [1.807, 2.05) is 24.3 Å². The van der Waals surface area contributed by atoms with Crippen molar-refractivity contribution in [3.63, 3.8) is 0 Å². The molecule has 2 aliphatic rings. The van der Waals surface area contributed by atoms with Gasteiger partial charge in [-0.25, -0.2) is 0 Å². The highest BCUT2D eigenvalue weighted by Gasteiger charge is 2.40. The van der Waals surface area contributed by atoms with Gasteiger partial charge in [0.05, 0.1) is 5.69 Å². The van der Waals surface area contributed by atoms with Crippen LogP contribution in [0.4, 0.5) is 11.4 Å². The van der Waals surface area contributed by atoms with Crippen molar-refractivity contribution in [1.29, 1.82) is 0 Å². The summed E-state index contributed by atoms with van der Waals surface area (Å²) in [7, 11) is 0. The van der Waals surface area contributed by atoms with Gasteiger partial charge in [0.1, 0.15) is 6.04 Å². The summed E-state index contributed by atoms with van der Waals surface area (Å²) in [5.41, 5.74) is 4.43. The van der Waals surface area contributed by atoms with Gasteiger partial charge in [0.2, 0.25) is 0 Å². The van der Waals surface area contributed by atoms with Gasteiger partial charge >= 0.3 is 0 Å². The molecule has 0 saturated heterocycles. The topological polar surface area (TPSA) is 20.3 Å². The third-order valence-corrected chi connectivity index (χ3v) is 4.85. The number of hydrogen-bond acceptors (Lipinski definition) is 2. The summed E-state index contributed by atoms with van der Waals surface area (Å²) < 4.78 is 0. The van der Waals surface area contributed by atoms with Gasteiger partial charge in [-0.3, -0.25) is 4.79 Å². The lowest BCUT2D eigenvalue weighted by Gasteiger charge is -2.27. The Bertz CT molecular complexity index is 1030. The predicted octanol–water partition coefficient (Wildman–Crippen LogP) is 4.88. The highest BCUT2D eigenvalue weighted by molar-refractivity contribution is 6.18. The number of ketones is 1. The number of nitrogens with zero attached hydrogens (tertiary/aromatic N) is 1. The Morgan fingerprint density at radius 1 is 0.833 bits per heavy atom. The zero-order valence-corrected chi connectivity index (χ0v) is 13.0. The summed E-state index contributed by atoms with van der Waals surface area (Å²) in [6.45, 7) is 0. The van der Waals surface area contributed by atoms with Crippen molar-refractivity contribution in [2.75, 3.05) is 4.90 Å². The third kappa shape index (κ3) is 1.74. The third-order valence-electron chi connectivity index (χ3n) is 4.85. The summed E-state index contributed by atoms with van der Waals surface area (Å²) in [5.74, 6) is 0.136. The molecule has 3 aromatic carbocycles. The van der Waals surface area contributed by atoms with Crippen LogP contribution in [0.25, 0.3) is 16.3 Å². The maximum absolute atomic E-state index is 12.7. The minimum atomic E-state index is -0.266. The molecular formula is C22H15NO.